The number of hydroxylamine groups is 2. The first kappa shape index (κ1) is 22.8. The Morgan fingerprint density at radius 1 is 1.04 bits per heavy atom. The number of unbranched alkanes of at least 4 members (excludes halogenated alkanes) is 1. The van der Waals surface area contributed by atoms with Crippen molar-refractivity contribution >= 4 is 23.9 Å². The smallest absolute Gasteiger partial charge is 0.407 e. The van der Waals surface area contributed by atoms with Crippen molar-refractivity contribution in [3.05, 3.63) is 0 Å². The molecule has 0 spiro atoms. The molecule has 10 nitrogen and oxygen atoms in total. The van der Waals surface area contributed by atoms with Crippen molar-refractivity contribution in [2.75, 3.05) is 26.4 Å². The van der Waals surface area contributed by atoms with Gasteiger partial charge >= 0.3 is 12.1 Å². The fraction of sp³-hybridized carbons (Fsp3) is 0.765. The van der Waals surface area contributed by atoms with E-state index < -0.39 is 23.9 Å². The summed E-state index contributed by atoms with van der Waals surface area (Å²) in [4.78, 5) is 50.6. The molecule has 0 aromatic heterocycles. The van der Waals surface area contributed by atoms with Crippen molar-refractivity contribution in [2.24, 2.45) is 5.92 Å². The second-order valence-electron chi connectivity index (χ2n) is 6.27. The molecule has 0 radical (unpaired) electrons. The van der Waals surface area contributed by atoms with Gasteiger partial charge in [0.05, 0.1) is 6.61 Å². The molecule has 0 bridgehead atoms. The average Bonchev–Trinajstić information content (AvgIpc) is 2.95. The van der Waals surface area contributed by atoms with Gasteiger partial charge in [-0.15, -0.1) is 5.06 Å². The van der Waals surface area contributed by atoms with E-state index in [9.17, 15) is 19.2 Å². The number of aliphatic hydroxyl groups is 2. The molecule has 3 amide bonds. The van der Waals surface area contributed by atoms with Gasteiger partial charge in [-0.1, -0.05) is 0 Å². The van der Waals surface area contributed by atoms with Crippen molar-refractivity contribution in [3.8, 4) is 0 Å². The van der Waals surface area contributed by atoms with Crippen LogP contribution in [0.2, 0.25) is 0 Å². The second-order valence-corrected chi connectivity index (χ2v) is 6.27. The van der Waals surface area contributed by atoms with Crippen LogP contribution in [0.3, 0.4) is 0 Å². The molecule has 1 heterocycles. The Bertz CT molecular complexity index is 495. The van der Waals surface area contributed by atoms with Gasteiger partial charge in [-0.2, -0.15) is 0 Å². The van der Waals surface area contributed by atoms with Crippen molar-refractivity contribution in [1.29, 1.82) is 0 Å². The molecule has 1 aliphatic rings. The lowest BCUT2D eigenvalue weighted by atomic mass is 10.0. The highest BCUT2D eigenvalue weighted by Gasteiger charge is 2.32. The van der Waals surface area contributed by atoms with Crippen LogP contribution in [0.25, 0.3) is 0 Å². The summed E-state index contributed by atoms with van der Waals surface area (Å²) < 4.78 is 5.08. The molecule has 0 aromatic carbocycles. The maximum absolute atomic E-state index is 11.6. The number of hydrogen-bond donors (Lipinski definition) is 3. The Morgan fingerprint density at radius 3 is 2.37 bits per heavy atom. The zero-order valence-corrected chi connectivity index (χ0v) is 15.4. The van der Waals surface area contributed by atoms with E-state index in [0.717, 1.165) is 0 Å². The Hall–Kier alpha value is -2.20. The number of ether oxygens (including phenoxy) is 1. The number of amides is 3. The van der Waals surface area contributed by atoms with Crippen molar-refractivity contribution in [2.45, 2.75) is 51.4 Å². The van der Waals surface area contributed by atoms with E-state index in [1.165, 1.54) is 0 Å². The zero-order valence-electron chi connectivity index (χ0n) is 15.4. The van der Waals surface area contributed by atoms with E-state index in [0.29, 0.717) is 43.7 Å². The molecule has 3 N–H and O–H groups in total. The van der Waals surface area contributed by atoms with Gasteiger partial charge in [0.15, 0.2) is 0 Å². The fourth-order valence-electron chi connectivity index (χ4n) is 2.51. The summed E-state index contributed by atoms with van der Waals surface area (Å²) in [6, 6.07) is 0. The van der Waals surface area contributed by atoms with Crippen LogP contribution in [0, 0.1) is 5.92 Å². The van der Waals surface area contributed by atoms with Crippen molar-refractivity contribution in [1.82, 2.24) is 10.4 Å². The van der Waals surface area contributed by atoms with Crippen LogP contribution < -0.4 is 5.32 Å². The maximum Gasteiger partial charge on any atom is 0.407 e. The van der Waals surface area contributed by atoms with Gasteiger partial charge in [-0.05, 0) is 38.0 Å². The molecule has 10 heteroatoms. The van der Waals surface area contributed by atoms with Crippen LogP contribution in [-0.2, 0) is 24.0 Å². The molecule has 1 aliphatic heterocycles. The lowest BCUT2D eigenvalue weighted by molar-refractivity contribution is -0.197. The number of rotatable bonds is 13. The SMILES string of the molecule is O=C(CCCCNC(=O)OCC(CCO)CCCO)ON1C(=O)CCC1=O. The molecule has 0 aliphatic carbocycles. The van der Waals surface area contributed by atoms with Crippen molar-refractivity contribution in [3.63, 3.8) is 0 Å². The van der Waals surface area contributed by atoms with Gasteiger partial charge < -0.3 is 25.1 Å². The van der Waals surface area contributed by atoms with Gasteiger partial charge in [0.1, 0.15) is 0 Å². The molecular weight excluding hydrogens is 360 g/mol. The monoisotopic (exact) mass is 388 g/mol. The molecule has 1 unspecified atom stereocenters. The van der Waals surface area contributed by atoms with E-state index in [-0.39, 0.29) is 45.0 Å². The van der Waals surface area contributed by atoms with Crippen molar-refractivity contribution < 1.29 is 39.0 Å². The lowest BCUT2D eigenvalue weighted by Gasteiger charge is -2.15. The van der Waals surface area contributed by atoms with Gasteiger partial charge in [0, 0.05) is 39.0 Å². The predicted molar refractivity (Wildman–Crippen MR) is 91.9 cm³/mol. The maximum atomic E-state index is 11.6. The van der Waals surface area contributed by atoms with Gasteiger partial charge in [0.25, 0.3) is 11.8 Å². The number of carbonyl (C=O) groups excluding carboxylic acids is 4. The summed E-state index contributed by atoms with van der Waals surface area (Å²) in [6.07, 6.45) is 2.20. The van der Waals surface area contributed by atoms with Gasteiger partial charge in [-0.3, -0.25) is 9.59 Å². The summed E-state index contributed by atoms with van der Waals surface area (Å²) >= 11 is 0. The second kappa shape index (κ2) is 13.0. The summed E-state index contributed by atoms with van der Waals surface area (Å²) in [5, 5.41) is 20.9. The molecule has 0 aromatic rings. The largest absolute Gasteiger partial charge is 0.449 e. The van der Waals surface area contributed by atoms with Gasteiger partial charge in [0.2, 0.25) is 0 Å². The first-order valence-electron chi connectivity index (χ1n) is 9.16. The quantitative estimate of drug-likeness (QED) is 0.301. The van der Waals surface area contributed by atoms with Gasteiger partial charge in [-0.25, -0.2) is 9.59 Å². The average molecular weight is 388 g/mol. The summed E-state index contributed by atoms with van der Waals surface area (Å²) in [5.74, 6) is -1.71. The number of aliphatic hydroxyl groups excluding tert-OH is 2. The van der Waals surface area contributed by atoms with E-state index in [1.807, 2.05) is 0 Å². The van der Waals surface area contributed by atoms with Crippen LogP contribution in [0.4, 0.5) is 4.79 Å². The third kappa shape index (κ3) is 9.34. The first-order chi connectivity index (χ1) is 13.0. The molecule has 27 heavy (non-hydrogen) atoms. The zero-order chi connectivity index (χ0) is 20.1. The molecule has 1 atom stereocenters. The van der Waals surface area contributed by atoms with E-state index in [1.54, 1.807) is 0 Å². The minimum Gasteiger partial charge on any atom is -0.449 e. The highest BCUT2D eigenvalue weighted by Crippen LogP contribution is 2.13. The highest BCUT2D eigenvalue weighted by atomic mass is 16.7. The van der Waals surface area contributed by atoms with Crippen LogP contribution in [0.5, 0.6) is 0 Å². The minimum absolute atomic E-state index is 0.00122. The third-order valence-corrected chi connectivity index (χ3v) is 4.03. The molecule has 1 saturated heterocycles. The molecule has 1 fully saturated rings. The van der Waals surface area contributed by atoms with Crippen LogP contribution in [0.1, 0.15) is 51.4 Å². The van der Waals surface area contributed by atoms with E-state index >= 15 is 0 Å². The predicted octanol–water partition coefficient (Wildman–Crippen LogP) is 0.261. The van der Waals surface area contributed by atoms with E-state index in [4.69, 9.17) is 19.8 Å². The fourth-order valence-corrected chi connectivity index (χ4v) is 2.51. The third-order valence-electron chi connectivity index (χ3n) is 4.03. The first-order valence-corrected chi connectivity index (χ1v) is 9.16. The minimum atomic E-state index is -0.670. The van der Waals surface area contributed by atoms with Crippen LogP contribution in [0.15, 0.2) is 0 Å². The number of nitrogens with zero attached hydrogens (tertiary/aromatic N) is 1. The Morgan fingerprint density at radius 2 is 1.74 bits per heavy atom. The molecule has 0 saturated carbocycles. The topological polar surface area (TPSA) is 142 Å². The Labute approximate surface area is 157 Å². The summed E-state index contributed by atoms with van der Waals surface area (Å²) in [6.45, 7) is 0.508. The lowest BCUT2D eigenvalue weighted by Crippen LogP contribution is -2.32. The number of imide groups is 1. The number of alkyl carbamates (subject to hydrolysis) is 1. The Kier molecular flexibility index (Phi) is 11.0. The number of carbonyl (C=O) groups is 4. The molecular formula is C17H28N2O8. The van der Waals surface area contributed by atoms with E-state index in [2.05, 4.69) is 5.32 Å². The highest BCUT2D eigenvalue weighted by molar-refractivity contribution is 6.01. The number of hydrogen-bond acceptors (Lipinski definition) is 8. The van der Waals surface area contributed by atoms with Crippen LogP contribution >= 0.6 is 0 Å². The Balaban J connectivity index is 2.09. The standard InChI is InChI=1S/C17H28N2O8/c20-10-3-4-13(8-11-21)12-26-17(25)18-9-2-1-5-16(24)27-19-14(22)6-7-15(19)23/h13,20-21H,1-12H2,(H,18,25). The van der Waals surface area contributed by atoms with Crippen LogP contribution in [-0.4, -0.2) is 65.5 Å². The summed E-state index contributed by atoms with van der Waals surface area (Å²) in [5.41, 5.74) is 0. The summed E-state index contributed by atoms with van der Waals surface area (Å²) in [7, 11) is 0. The normalized spacial score (nSPS) is 15.0. The number of nitrogens with one attached hydrogen (secondary N) is 1. The molecule has 154 valence electrons. The molecule has 1 rings (SSSR count).